The third-order valence-electron chi connectivity index (χ3n) is 9.28. The van der Waals surface area contributed by atoms with Crippen LogP contribution in [0.15, 0.2) is 65.3 Å². The molecule has 3 aromatic rings. The number of hydrogen-bond donors (Lipinski definition) is 2. The van der Waals surface area contributed by atoms with Crippen LogP contribution in [0.4, 0.5) is 0 Å². The van der Waals surface area contributed by atoms with Crippen LogP contribution < -0.4 is 10.6 Å². The van der Waals surface area contributed by atoms with E-state index in [1.807, 2.05) is 48.5 Å². The van der Waals surface area contributed by atoms with Gasteiger partial charge in [0.1, 0.15) is 17.6 Å². The lowest BCUT2D eigenvalue weighted by molar-refractivity contribution is -0.141. The first kappa shape index (κ1) is 31.4. The van der Waals surface area contributed by atoms with Gasteiger partial charge >= 0.3 is 0 Å². The summed E-state index contributed by atoms with van der Waals surface area (Å²) in [6.45, 7) is 0.173. The summed E-state index contributed by atoms with van der Waals surface area (Å²) in [7, 11) is 0. The van der Waals surface area contributed by atoms with Crippen molar-refractivity contribution in [1.82, 2.24) is 10.6 Å². The van der Waals surface area contributed by atoms with Crippen molar-refractivity contribution in [3.8, 4) is 0 Å². The highest BCUT2D eigenvalue weighted by Gasteiger charge is 2.36. The van der Waals surface area contributed by atoms with Gasteiger partial charge in [-0.05, 0) is 43.2 Å². The predicted octanol–water partition coefficient (Wildman–Crippen LogP) is 6.11. The molecule has 1 unspecified atom stereocenters. The number of amides is 2. The van der Waals surface area contributed by atoms with Crippen molar-refractivity contribution in [2.24, 2.45) is 17.8 Å². The Labute approximate surface area is 258 Å². The van der Waals surface area contributed by atoms with E-state index in [1.54, 1.807) is 6.07 Å². The Morgan fingerprint density at radius 1 is 0.841 bits per heavy atom. The lowest BCUT2D eigenvalue weighted by Crippen LogP contribution is -2.50. The molecule has 1 heterocycles. The Morgan fingerprint density at radius 2 is 1.57 bits per heavy atom. The number of ketones is 3. The van der Waals surface area contributed by atoms with E-state index in [-0.39, 0.29) is 31.0 Å². The molecule has 0 aliphatic heterocycles. The fraction of sp³-hybridized carbons (Fsp3) is 0.472. The minimum Gasteiger partial charge on any atom is -0.464 e. The number of Topliss-reactive ketones (excluding diaryl/α,β-unsaturated/α-hetero) is 3. The van der Waals surface area contributed by atoms with Crippen molar-refractivity contribution in [3.05, 3.63) is 72.0 Å². The zero-order chi connectivity index (χ0) is 30.9. The van der Waals surface area contributed by atoms with Crippen molar-refractivity contribution in [2.45, 2.75) is 89.6 Å². The van der Waals surface area contributed by atoms with Crippen molar-refractivity contribution < 1.29 is 28.4 Å². The summed E-state index contributed by atoms with van der Waals surface area (Å²) in [5, 5.41) is 6.24. The monoisotopic (exact) mass is 598 g/mol. The summed E-state index contributed by atoms with van der Waals surface area (Å²) in [5.74, 6) is -2.89. The van der Waals surface area contributed by atoms with E-state index in [2.05, 4.69) is 10.6 Å². The average molecular weight is 599 g/mol. The van der Waals surface area contributed by atoms with Crippen LogP contribution in [0.1, 0.15) is 93.0 Å². The molecule has 2 saturated carbocycles. The van der Waals surface area contributed by atoms with Gasteiger partial charge < -0.3 is 15.1 Å². The van der Waals surface area contributed by atoms with Crippen molar-refractivity contribution >= 4 is 40.1 Å². The minimum atomic E-state index is -1.15. The van der Waals surface area contributed by atoms with Crippen LogP contribution in [0.2, 0.25) is 0 Å². The van der Waals surface area contributed by atoms with Gasteiger partial charge in [0.2, 0.25) is 11.7 Å². The standard InChI is InChI=1S/C36H42N2O6/c39-31-17-9-7-15-26(31)20-30(34(41)36(43)37-22-25-13-5-2-6-14-25)38-35(42)27(19-24-11-3-1-4-12-24)21-32(40)29-23-44-33-18-10-8-16-28(29)33/h2,5-6,8,10,13-14,16,18,23-24,26-27,30H,1,3-4,7,9,11-12,15,17,19-22H2,(H,37,43)(H,38,42)/t26-,27?,30-/m0/s1. The molecule has 2 amide bonds. The number of fused-ring (bicyclic) bond motifs is 1. The van der Waals surface area contributed by atoms with Crippen molar-refractivity contribution in [1.29, 1.82) is 0 Å². The summed E-state index contributed by atoms with van der Waals surface area (Å²) in [6, 6.07) is 15.4. The lowest BCUT2D eigenvalue weighted by atomic mass is 9.80. The molecule has 0 spiro atoms. The van der Waals surface area contributed by atoms with Gasteiger partial charge in [-0.15, -0.1) is 0 Å². The normalized spacial score (nSPS) is 18.8. The highest BCUT2D eigenvalue weighted by molar-refractivity contribution is 6.38. The van der Waals surface area contributed by atoms with Crippen molar-refractivity contribution in [3.63, 3.8) is 0 Å². The summed E-state index contributed by atoms with van der Waals surface area (Å²) in [4.78, 5) is 66.8. The van der Waals surface area contributed by atoms with Crippen molar-refractivity contribution in [2.75, 3.05) is 0 Å². The first-order valence-electron chi connectivity index (χ1n) is 16.1. The molecule has 0 saturated heterocycles. The number of hydrogen-bond acceptors (Lipinski definition) is 6. The Balaban J connectivity index is 1.34. The van der Waals surface area contributed by atoms with Gasteiger partial charge in [0.15, 0.2) is 5.78 Å². The van der Waals surface area contributed by atoms with Crippen LogP contribution in [0.25, 0.3) is 11.0 Å². The second-order valence-corrected chi connectivity index (χ2v) is 12.4. The number of furan rings is 1. The lowest BCUT2D eigenvalue weighted by Gasteiger charge is -2.29. The molecule has 2 aromatic carbocycles. The molecule has 5 rings (SSSR count). The smallest absolute Gasteiger partial charge is 0.289 e. The van der Waals surface area contributed by atoms with E-state index >= 15 is 0 Å². The molecule has 0 radical (unpaired) electrons. The fourth-order valence-corrected chi connectivity index (χ4v) is 6.77. The maximum atomic E-state index is 14.0. The van der Waals surface area contributed by atoms with Gasteiger partial charge in [-0.3, -0.25) is 24.0 Å². The fourth-order valence-electron chi connectivity index (χ4n) is 6.77. The number of carbonyl (C=O) groups is 5. The summed E-state index contributed by atoms with van der Waals surface area (Å²) < 4.78 is 5.59. The number of para-hydroxylation sites is 1. The van der Waals surface area contributed by atoms with E-state index in [1.165, 1.54) is 6.26 Å². The largest absolute Gasteiger partial charge is 0.464 e. The topological polar surface area (TPSA) is 123 Å². The second-order valence-electron chi connectivity index (χ2n) is 12.4. The highest BCUT2D eigenvalue weighted by Crippen LogP contribution is 2.32. The highest BCUT2D eigenvalue weighted by atomic mass is 16.3. The first-order valence-corrected chi connectivity index (χ1v) is 16.1. The van der Waals surface area contributed by atoms with Gasteiger partial charge in [0.25, 0.3) is 5.91 Å². The SMILES string of the molecule is O=C(NCc1ccccc1)C(=O)[C@H](C[C@@H]1CCCCC1=O)NC(=O)C(CC(=O)c1coc2ccccc12)CC1CCCCC1. The second kappa shape index (κ2) is 15.1. The van der Waals surface area contributed by atoms with Crippen LogP contribution in [0.3, 0.4) is 0 Å². The number of rotatable bonds is 13. The maximum Gasteiger partial charge on any atom is 0.289 e. The Morgan fingerprint density at radius 3 is 2.34 bits per heavy atom. The van der Waals surface area contributed by atoms with Crippen LogP contribution in [-0.4, -0.2) is 35.2 Å². The first-order chi connectivity index (χ1) is 21.4. The Hall–Kier alpha value is -4.07. The van der Waals surface area contributed by atoms with E-state index < -0.39 is 35.5 Å². The molecule has 8 heteroatoms. The molecule has 8 nitrogen and oxygen atoms in total. The van der Waals surface area contributed by atoms with E-state index in [4.69, 9.17) is 4.42 Å². The number of carbonyl (C=O) groups excluding carboxylic acids is 5. The molecule has 232 valence electrons. The van der Waals surface area contributed by atoms with Crippen LogP contribution in [0.5, 0.6) is 0 Å². The summed E-state index contributed by atoms with van der Waals surface area (Å²) in [5.41, 5.74) is 1.88. The van der Waals surface area contributed by atoms with Gasteiger partial charge in [-0.25, -0.2) is 0 Å². The molecule has 44 heavy (non-hydrogen) atoms. The summed E-state index contributed by atoms with van der Waals surface area (Å²) >= 11 is 0. The Bertz CT molecular complexity index is 1470. The average Bonchev–Trinajstić information content (AvgIpc) is 3.49. The van der Waals surface area contributed by atoms with E-state index in [0.29, 0.717) is 41.7 Å². The minimum absolute atomic E-state index is 0.0324. The molecule has 2 aliphatic carbocycles. The van der Waals surface area contributed by atoms with Crippen LogP contribution >= 0.6 is 0 Å². The van der Waals surface area contributed by atoms with Gasteiger partial charge in [0.05, 0.1) is 11.6 Å². The third-order valence-corrected chi connectivity index (χ3v) is 9.28. The molecule has 1 aromatic heterocycles. The molecule has 2 fully saturated rings. The maximum absolute atomic E-state index is 14.0. The zero-order valence-electron chi connectivity index (χ0n) is 25.2. The molecule has 2 N–H and O–H groups in total. The third kappa shape index (κ3) is 8.10. The quantitative estimate of drug-likeness (QED) is 0.181. The molecule has 0 bridgehead atoms. The van der Waals surface area contributed by atoms with Gasteiger partial charge in [-0.1, -0.05) is 87.1 Å². The molecule has 2 aliphatic rings. The predicted molar refractivity (Wildman–Crippen MR) is 167 cm³/mol. The molecule has 3 atom stereocenters. The van der Waals surface area contributed by atoms with Crippen LogP contribution in [-0.2, 0) is 25.7 Å². The molecular formula is C36H42N2O6. The van der Waals surface area contributed by atoms with Gasteiger partial charge in [0, 0.05) is 36.6 Å². The van der Waals surface area contributed by atoms with E-state index in [0.717, 1.165) is 50.5 Å². The van der Waals surface area contributed by atoms with Gasteiger partial charge in [-0.2, -0.15) is 0 Å². The number of benzene rings is 2. The summed E-state index contributed by atoms with van der Waals surface area (Å²) in [6.07, 6.45) is 10.1. The molecular weight excluding hydrogens is 556 g/mol. The number of nitrogens with one attached hydrogen (secondary N) is 2. The van der Waals surface area contributed by atoms with Crippen LogP contribution in [0, 0.1) is 17.8 Å². The zero-order valence-corrected chi connectivity index (χ0v) is 25.2. The Kier molecular flexibility index (Phi) is 10.8. The van der Waals surface area contributed by atoms with E-state index in [9.17, 15) is 24.0 Å².